The predicted molar refractivity (Wildman–Crippen MR) is 109 cm³/mol. The molecule has 29 heavy (non-hydrogen) atoms. The van der Waals surface area contributed by atoms with Gasteiger partial charge in [0.1, 0.15) is 17.1 Å². The van der Waals surface area contributed by atoms with Crippen molar-refractivity contribution in [3.63, 3.8) is 0 Å². The Balaban J connectivity index is 1.72. The first-order valence-electron chi connectivity index (χ1n) is 9.65. The van der Waals surface area contributed by atoms with Crippen LogP contribution in [0.1, 0.15) is 22.8 Å². The van der Waals surface area contributed by atoms with Crippen molar-refractivity contribution in [2.75, 3.05) is 36.5 Å². The minimum atomic E-state index is -0.462. The van der Waals surface area contributed by atoms with Crippen LogP contribution >= 0.6 is 0 Å². The molecule has 0 aliphatic carbocycles. The summed E-state index contributed by atoms with van der Waals surface area (Å²) in [6.07, 6.45) is 0.915. The van der Waals surface area contributed by atoms with Gasteiger partial charge in [-0.3, -0.25) is 4.79 Å². The fraction of sp³-hybridized carbons (Fsp3) is 0.273. The molecule has 4 rings (SSSR count). The number of aromatic nitrogens is 1. The smallest absolute Gasteiger partial charge is 0.263 e. The molecule has 2 aromatic carbocycles. The maximum Gasteiger partial charge on any atom is 0.263 e. The standard InChI is InChI=1S/C22H22FN3O3/c1-2-15-7-9-16(10-8-15)24-21(27)19-20(17-5-3-4-6-18(17)23)25-29-22(19)26-11-13-28-14-12-26/h3-10H,2,11-14H2,1H3,(H,24,27). The van der Waals surface area contributed by atoms with Crippen LogP contribution in [0.3, 0.4) is 0 Å². The van der Waals surface area contributed by atoms with E-state index in [-0.39, 0.29) is 16.8 Å². The quantitative estimate of drug-likeness (QED) is 0.704. The number of nitrogens with zero attached hydrogens (tertiary/aromatic N) is 2. The van der Waals surface area contributed by atoms with Crippen LogP contribution in [-0.4, -0.2) is 37.4 Å². The van der Waals surface area contributed by atoms with E-state index in [2.05, 4.69) is 17.4 Å². The number of ether oxygens (including phenoxy) is 1. The Labute approximate surface area is 168 Å². The molecule has 1 aromatic heterocycles. The van der Waals surface area contributed by atoms with E-state index in [1.54, 1.807) is 18.2 Å². The number of carbonyl (C=O) groups is 1. The van der Waals surface area contributed by atoms with Crippen LogP contribution in [0.5, 0.6) is 0 Å². The summed E-state index contributed by atoms with van der Waals surface area (Å²) in [5.74, 6) is -0.528. The number of aryl methyl sites for hydroxylation is 1. The molecule has 1 aliphatic heterocycles. The van der Waals surface area contributed by atoms with E-state index in [0.717, 1.165) is 6.42 Å². The molecular weight excluding hydrogens is 373 g/mol. The molecule has 1 aliphatic rings. The van der Waals surface area contributed by atoms with E-state index in [1.807, 2.05) is 29.2 Å². The second kappa shape index (κ2) is 8.45. The van der Waals surface area contributed by atoms with Crippen molar-refractivity contribution in [1.29, 1.82) is 0 Å². The van der Waals surface area contributed by atoms with Crippen LogP contribution in [0, 0.1) is 5.82 Å². The summed E-state index contributed by atoms with van der Waals surface area (Å²) in [6, 6.07) is 13.8. The molecule has 0 radical (unpaired) electrons. The maximum atomic E-state index is 14.4. The molecule has 1 fully saturated rings. The van der Waals surface area contributed by atoms with E-state index in [4.69, 9.17) is 9.26 Å². The van der Waals surface area contributed by atoms with Crippen molar-refractivity contribution in [3.8, 4) is 11.3 Å². The van der Waals surface area contributed by atoms with Crippen LogP contribution in [0.2, 0.25) is 0 Å². The molecule has 6 nitrogen and oxygen atoms in total. The second-order valence-corrected chi connectivity index (χ2v) is 6.80. The predicted octanol–water partition coefficient (Wildman–Crippen LogP) is 4.13. The molecule has 1 saturated heterocycles. The topological polar surface area (TPSA) is 67.6 Å². The Morgan fingerprint density at radius 3 is 2.55 bits per heavy atom. The van der Waals surface area contributed by atoms with E-state index >= 15 is 0 Å². The first kappa shape index (κ1) is 19.1. The SMILES string of the molecule is CCc1ccc(NC(=O)c2c(-c3ccccc3F)noc2N2CCOCC2)cc1. The van der Waals surface area contributed by atoms with Gasteiger partial charge in [0.2, 0.25) is 5.88 Å². The van der Waals surface area contributed by atoms with Gasteiger partial charge in [0.25, 0.3) is 5.91 Å². The van der Waals surface area contributed by atoms with Crippen LogP contribution in [0.4, 0.5) is 16.0 Å². The molecule has 2 heterocycles. The lowest BCUT2D eigenvalue weighted by Gasteiger charge is -2.26. The number of hydrogen-bond donors (Lipinski definition) is 1. The van der Waals surface area contributed by atoms with Gasteiger partial charge in [0.05, 0.1) is 13.2 Å². The van der Waals surface area contributed by atoms with Crippen LogP contribution < -0.4 is 10.2 Å². The summed E-state index contributed by atoms with van der Waals surface area (Å²) >= 11 is 0. The second-order valence-electron chi connectivity index (χ2n) is 6.80. The Hall–Kier alpha value is -3.19. The zero-order valence-electron chi connectivity index (χ0n) is 16.2. The molecule has 0 spiro atoms. The molecular formula is C22H22FN3O3. The van der Waals surface area contributed by atoms with Gasteiger partial charge in [-0.1, -0.05) is 36.3 Å². The van der Waals surface area contributed by atoms with Gasteiger partial charge >= 0.3 is 0 Å². The molecule has 1 amide bonds. The van der Waals surface area contributed by atoms with Crippen molar-refractivity contribution in [2.24, 2.45) is 0 Å². The van der Waals surface area contributed by atoms with Crippen LogP contribution in [0.25, 0.3) is 11.3 Å². The van der Waals surface area contributed by atoms with Crippen LogP contribution in [-0.2, 0) is 11.2 Å². The Kier molecular flexibility index (Phi) is 5.57. The fourth-order valence-corrected chi connectivity index (χ4v) is 3.32. The fourth-order valence-electron chi connectivity index (χ4n) is 3.32. The number of halogens is 1. The third kappa shape index (κ3) is 4.00. The number of amides is 1. The number of benzene rings is 2. The Morgan fingerprint density at radius 1 is 1.14 bits per heavy atom. The highest BCUT2D eigenvalue weighted by Gasteiger charge is 2.30. The van der Waals surface area contributed by atoms with Gasteiger partial charge < -0.3 is 19.5 Å². The number of hydrogen-bond acceptors (Lipinski definition) is 5. The third-order valence-electron chi connectivity index (χ3n) is 4.95. The van der Waals surface area contributed by atoms with Gasteiger partial charge in [0.15, 0.2) is 0 Å². The zero-order valence-corrected chi connectivity index (χ0v) is 16.2. The molecule has 1 N–H and O–H groups in total. The zero-order chi connectivity index (χ0) is 20.2. The number of rotatable bonds is 5. The molecule has 150 valence electrons. The highest BCUT2D eigenvalue weighted by molar-refractivity contribution is 6.11. The third-order valence-corrected chi connectivity index (χ3v) is 4.95. The largest absolute Gasteiger partial charge is 0.378 e. The summed E-state index contributed by atoms with van der Waals surface area (Å²) in [5, 5.41) is 6.94. The lowest BCUT2D eigenvalue weighted by Crippen LogP contribution is -2.37. The number of carbonyl (C=O) groups excluding carboxylic acids is 1. The average molecular weight is 395 g/mol. The molecule has 0 bridgehead atoms. The molecule has 7 heteroatoms. The minimum Gasteiger partial charge on any atom is -0.378 e. The first-order valence-corrected chi connectivity index (χ1v) is 9.65. The lowest BCUT2D eigenvalue weighted by atomic mass is 10.1. The summed E-state index contributed by atoms with van der Waals surface area (Å²) < 4.78 is 25.4. The van der Waals surface area contributed by atoms with Gasteiger partial charge in [0, 0.05) is 24.3 Å². The van der Waals surface area contributed by atoms with E-state index < -0.39 is 11.7 Å². The summed E-state index contributed by atoms with van der Waals surface area (Å²) in [4.78, 5) is 15.1. The first-order chi connectivity index (χ1) is 14.2. The summed E-state index contributed by atoms with van der Waals surface area (Å²) in [7, 11) is 0. The number of nitrogens with one attached hydrogen (secondary N) is 1. The number of morpholine rings is 1. The maximum absolute atomic E-state index is 14.4. The molecule has 3 aromatic rings. The van der Waals surface area contributed by atoms with Gasteiger partial charge in [-0.15, -0.1) is 0 Å². The van der Waals surface area contributed by atoms with Crippen molar-refractivity contribution in [3.05, 3.63) is 65.5 Å². The van der Waals surface area contributed by atoms with E-state index in [9.17, 15) is 9.18 Å². The van der Waals surface area contributed by atoms with Crippen molar-refractivity contribution in [2.45, 2.75) is 13.3 Å². The van der Waals surface area contributed by atoms with Gasteiger partial charge in [-0.2, -0.15) is 0 Å². The normalized spacial score (nSPS) is 14.1. The van der Waals surface area contributed by atoms with Crippen molar-refractivity contribution < 1.29 is 18.4 Å². The Morgan fingerprint density at radius 2 is 1.86 bits per heavy atom. The minimum absolute atomic E-state index is 0.187. The van der Waals surface area contributed by atoms with Crippen molar-refractivity contribution in [1.82, 2.24) is 5.16 Å². The van der Waals surface area contributed by atoms with Crippen molar-refractivity contribution >= 4 is 17.5 Å². The highest BCUT2D eigenvalue weighted by Crippen LogP contribution is 2.33. The average Bonchev–Trinajstić information content (AvgIpc) is 3.20. The summed E-state index contributed by atoms with van der Waals surface area (Å²) in [6.45, 7) is 4.25. The molecule has 0 atom stereocenters. The van der Waals surface area contributed by atoms with Gasteiger partial charge in [-0.05, 0) is 36.2 Å². The van der Waals surface area contributed by atoms with Gasteiger partial charge in [-0.25, -0.2) is 4.39 Å². The number of anilines is 2. The van der Waals surface area contributed by atoms with E-state index in [0.29, 0.717) is 37.9 Å². The van der Waals surface area contributed by atoms with E-state index in [1.165, 1.54) is 11.6 Å². The highest BCUT2D eigenvalue weighted by atomic mass is 19.1. The molecule has 0 saturated carbocycles. The summed E-state index contributed by atoms with van der Waals surface area (Å²) in [5.41, 5.74) is 2.46. The monoisotopic (exact) mass is 395 g/mol. The lowest BCUT2D eigenvalue weighted by molar-refractivity contribution is 0.102. The Bertz CT molecular complexity index is 995. The molecule has 0 unspecified atom stereocenters. The van der Waals surface area contributed by atoms with Crippen LogP contribution in [0.15, 0.2) is 53.1 Å².